The maximum Gasteiger partial charge on any atom is 0.232 e. The molecule has 1 aliphatic carbocycles. The van der Waals surface area contributed by atoms with Gasteiger partial charge in [-0.3, -0.25) is 24.9 Å². The van der Waals surface area contributed by atoms with E-state index in [-0.39, 0.29) is 47.7 Å². The summed E-state index contributed by atoms with van der Waals surface area (Å²) in [7, 11) is 0. The van der Waals surface area contributed by atoms with Crippen molar-refractivity contribution in [3.63, 3.8) is 0 Å². The van der Waals surface area contributed by atoms with Gasteiger partial charge in [0.2, 0.25) is 11.8 Å². The fourth-order valence-electron chi connectivity index (χ4n) is 5.65. The number of para-hydroxylation sites is 1. The first-order valence-electron chi connectivity index (χ1n) is 12.8. The Kier molecular flexibility index (Phi) is 6.01. The van der Waals surface area contributed by atoms with Crippen LogP contribution in [0.25, 0.3) is 0 Å². The number of hydrogen-bond acceptors (Lipinski definition) is 5. The molecule has 1 saturated carbocycles. The quantitative estimate of drug-likeness (QED) is 0.566. The van der Waals surface area contributed by atoms with Crippen molar-refractivity contribution in [2.45, 2.75) is 76.6 Å². The number of ether oxygens (including phenoxy) is 1. The summed E-state index contributed by atoms with van der Waals surface area (Å²) < 4.78 is 6.26. The monoisotopic (exact) mass is 489 g/mol. The van der Waals surface area contributed by atoms with Gasteiger partial charge in [0.15, 0.2) is 5.96 Å². The van der Waals surface area contributed by atoms with E-state index in [1.807, 2.05) is 50.2 Å². The molecule has 1 aromatic carbocycles. The van der Waals surface area contributed by atoms with E-state index >= 15 is 0 Å². The smallest absolute Gasteiger partial charge is 0.232 e. The van der Waals surface area contributed by atoms with Crippen molar-refractivity contribution >= 4 is 17.8 Å². The van der Waals surface area contributed by atoms with E-state index in [9.17, 15) is 9.59 Å². The van der Waals surface area contributed by atoms with Crippen LogP contribution in [0.5, 0.6) is 5.75 Å². The molecule has 3 aliphatic rings. The highest BCUT2D eigenvalue weighted by Gasteiger charge is 2.54. The Bertz CT molecular complexity index is 1160. The molecule has 1 saturated heterocycles. The highest BCUT2D eigenvalue weighted by atomic mass is 16.5. The van der Waals surface area contributed by atoms with Crippen LogP contribution in [-0.4, -0.2) is 38.8 Å². The van der Waals surface area contributed by atoms with Crippen molar-refractivity contribution in [2.24, 2.45) is 11.8 Å². The van der Waals surface area contributed by atoms with E-state index in [4.69, 9.17) is 10.1 Å². The topological polar surface area (TPSA) is 107 Å². The molecule has 8 heteroatoms. The minimum Gasteiger partial charge on any atom is -0.487 e. The van der Waals surface area contributed by atoms with Crippen molar-refractivity contribution in [2.75, 3.05) is 0 Å². The second-order valence-electron chi connectivity index (χ2n) is 11.2. The van der Waals surface area contributed by atoms with Crippen LogP contribution in [0.3, 0.4) is 0 Å². The summed E-state index contributed by atoms with van der Waals surface area (Å²) in [5, 5.41) is 15.1. The summed E-state index contributed by atoms with van der Waals surface area (Å²) in [5.74, 6) is 0.440. The molecule has 2 amide bonds. The number of nitrogens with one attached hydrogen (secondary N) is 3. The molecule has 0 radical (unpaired) electrons. The second kappa shape index (κ2) is 8.91. The van der Waals surface area contributed by atoms with Gasteiger partial charge in [-0.05, 0) is 57.2 Å². The molecule has 8 nitrogen and oxygen atoms in total. The SMILES string of the molecule is CCC1(C)CC(NC(=O)[C@@H]2C[C@H]2[C@H](c2cccnc2)N2C(=N)NC(C)(C)CC2=O)c2ccccc2O1. The van der Waals surface area contributed by atoms with Crippen molar-refractivity contribution in [1.29, 1.82) is 5.41 Å². The molecule has 36 heavy (non-hydrogen) atoms. The van der Waals surface area contributed by atoms with Gasteiger partial charge in [-0.1, -0.05) is 31.2 Å². The zero-order valence-corrected chi connectivity index (χ0v) is 21.4. The number of guanidine groups is 1. The number of aromatic nitrogens is 1. The number of carbonyl (C=O) groups is 2. The molecule has 0 spiro atoms. The molecule has 2 unspecified atom stereocenters. The second-order valence-corrected chi connectivity index (χ2v) is 11.2. The highest BCUT2D eigenvalue weighted by Crippen LogP contribution is 2.51. The van der Waals surface area contributed by atoms with Crippen molar-refractivity contribution < 1.29 is 14.3 Å². The number of fused-ring (bicyclic) bond motifs is 1. The van der Waals surface area contributed by atoms with Gasteiger partial charge in [0.1, 0.15) is 11.4 Å². The number of carbonyl (C=O) groups excluding carboxylic acids is 2. The average molecular weight is 490 g/mol. The van der Waals surface area contributed by atoms with E-state index in [1.165, 1.54) is 4.90 Å². The molecule has 1 aromatic heterocycles. The Morgan fingerprint density at radius 1 is 1.28 bits per heavy atom. The van der Waals surface area contributed by atoms with Gasteiger partial charge in [0.25, 0.3) is 0 Å². The predicted molar refractivity (Wildman–Crippen MR) is 136 cm³/mol. The maximum absolute atomic E-state index is 13.5. The van der Waals surface area contributed by atoms with Crippen LogP contribution >= 0.6 is 0 Å². The summed E-state index contributed by atoms with van der Waals surface area (Å²) in [6.07, 6.45) is 5.90. The number of nitrogens with zero attached hydrogens (tertiary/aromatic N) is 2. The maximum atomic E-state index is 13.5. The Balaban J connectivity index is 1.38. The minimum absolute atomic E-state index is 0.0154. The number of benzene rings is 1. The van der Waals surface area contributed by atoms with Crippen molar-refractivity contribution in [3.05, 3.63) is 59.9 Å². The summed E-state index contributed by atoms with van der Waals surface area (Å²) in [6.45, 7) is 8.02. The average Bonchev–Trinajstić information content (AvgIpc) is 3.62. The molecule has 2 aliphatic heterocycles. The molecule has 3 N–H and O–H groups in total. The third kappa shape index (κ3) is 4.56. The van der Waals surface area contributed by atoms with Crippen LogP contribution in [-0.2, 0) is 9.59 Å². The lowest BCUT2D eigenvalue weighted by Crippen LogP contribution is -2.60. The van der Waals surface area contributed by atoms with E-state index < -0.39 is 11.6 Å². The summed E-state index contributed by atoms with van der Waals surface area (Å²) in [4.78, 5) is 32.5. The molecular formula is C28H35N5O3. The Hall–Kier alpha value is -3.42. The third-order valence-corrected chi connectivity index (χ3v) is 7.80. The van der Waals surface area contributed by atoms with Gasteiger partial charge < -0.3 is 15.4 Å². The predicted octanol–water partition coefficient (Wildman–Crippen LogP) is 4.10. The van der Waals surface area contributed by atoms with Crippen LogP contribution in [0, 0.1) is 17.2 Å². The van der Waals surface area contributed by atoms with Gasteiger partial charge in [0, 0.05) is 42.3 Å². The van der Waals surface area contributed by atoms with Gasteiger partial charge in [0.05, 0.1) is 12.1 Å². The Morgan fingerprint density at radius 3 is 2.75 bits per heavy atom. The zero-order chi connectivity index (χ0) is 25.7. The molecule has 0 bridgehead atoms. The minimum atomic E-state index is -0.479. The van der Waals surface area contributed by atoms with Crippen molar-refractivity contribution in [1.82, 2.24) is 20.5 Å². The molecule has 5 rings (SSSR count). The van der Waals surface area contributed by atoms with Gasteiger partial charge >= 0.3 is 0 Å². The van der Waals surface area contributed by atoms with Crippen molar-refractivity contribution in [3.8, 4) is 5.75 Å². The number of hydrogen-bond donors (Lipinski definition) is 3. The normalized spacial score (nSPS) is 29.4. The third-order valence-electron chi connectivity index (χ3n) is 7.80. The first kappa shape index (κ1) is 24.3. The first-order chi connectivity index (χ1) is 17.1. The van der Waals surface area contributed by atoms with Gasteiger partial charge in [-0.2, -0.15) is 0 Å². The molecule has 2 aromatic rings. The van der Waals surface area contributed by atoms with E-state index in [1.54, 1.807) is 12.4 Å². The van der Waals surface area contributed by atoms with Gasteiger partial charge in [-0.15, -0.1) is 0 Å². The van der Waals surface area contributed by atoms with Crippen LogP contribution in [0.4, 0.5) is 0 Å². The largest absolute Gasteiger partial charge is 0.487 e. The summed E-state index contributed by atoms with van der Waals surface area (Å²) in [5.41, 5.74) is 1.01. The van der Waals surface area contributed by atoms with Crippen LogP contribution in [0.2, 0.25) is 0 Å². The highest BCUT2D eigenvalue weighted by molar-refractivity contribution is 5.99. The lowest BCUT2D eigenvalue weighted by atomic mass is 9.86. The number of pyridine rings is 1. The Morgan fingerprint density at radius 2 is 2.06 bits per heavy atom. The van der Waals surface area contributed by atoms with Crippen LogP contribution < -0.4 is 15.4 Å². The summed E-state index contributed by atoms with van der Waals surface area (Å²) in [6, 6.07) is 11.1. The lowest BCUT2D eigenvalue weighted by Gasteiger charge is -2.42. The number of rotatable bonds is 6. The van der Waals surface area contributed by atoms with Crippen LogP contribution in [0.15, 0.2) is 48.8 Å². The van der Waals surface area contributed by atoms with Crippen LogP contribution in [0.1, 0.15) is 76.6 Å². The molecule has 5 atom stereocenters. The lowest BCUT2D eigenvalue weighted by molar-refractivity contribution is -0.133. The molecule has 2 fully saturated rings. The molecule has 190 valence electrons. The molecular weight excluding hydrogens is 454 g/mol. The standard InChI is InChI=1S/C28H35N5O3/c1-5-28(4)14-21(18-10-6-7-11-22(18)36-28)31-25(35)20-13-19(20)24(17-9-8-12-30-16-17)33-23(34)15-27(2,3)32-26(33)29/h6-12,16,19-21,24H,5,13-15H2,1-4H3,(H2,29,32)(H,31,35)/t19-,20-,21?,24+,28?/m1/s1. The van der Waals surface area contributed by atoms with E-state index in [2.05, 4.69) is 29.5 Å². The first-order valence-corrected chi connectivity index (χ1v) is 12.8. The van der Waals surface area contributed by atoms with E-state index in [0.29, 0.717) is 12.8 Å². The fraction of sp³-hybridized carbons (Fsp3) is 0.500. The van der Waals surface area contributed by atoms with E-state index in [0.717, 1.165) is 23.3 Å². The Labute approximate surface area is 212 Å². The summed E-state index contributed by atoms with van der Waals surface area (Å²) >= 11 is 0. The van der Waals surface area contributed by atoms with Gasteiger partial charge in [-0.25, -0.2) is 0 Å². The molecule has 3 heterocycles. The zero-order valence-electron chi connectivity index (χ0n) is 21.4. The fourth-order valence-corrected chi connectivity index (χ4v) is 5.65. The number of amides is 2.